The van der Waals surface area contributed by atoms with Gasteiger partial charge in [0.25, 0.3) is 0 Å². The van der Waals surface area contributed by atoms with E-state index in [9.17, 15) is 0 Å². The van der Waals surface area contributed by atoms with Crippen LogP contribution in [0.5, 0.6) is 0 Å². The Kier molecular flexibility index (Phi) is 4.52. The van der Waals surface area contributed by atoms with Crippen LogP contribution in [0, 0.1) is 0 Å². The van der Waals surface area contributed by atoms with E-state index in [1.165, 1.54) is 22.3 Å². The standard InChI is InChI=1S/C13H10.Cl3HSi/c1-3-7-12-10(5-1)9-11-6-2-4-8-13(11)12;1-4(2)3/h1-8H,9H2;4H. The first-order valence-electron chi connectivity index (χ1n) is 5.27. The SMILES string of the molecule is Cl[SiH](Cl)Cl.c1ccc2c(c1)Cc1ccccc1-2. The third-order valence-electron chi connectivity index (χ3n) is 2.71. The van der Waals surface area contributed by atoms with E-state index in [4.69, 9.17) is 33.2 Å². The van der Waals surface area contributed by atoms with Gasteiger partial charge in [-0.05, 0) is 28.7 Å². The second-order valence-corrected chi connectivity index (χ2v) is 10.2. The summed E-state index contributed by atoms with van der Waals surface area (Å²) < 4.78 is 0. The van der Waals surface area contributed by atoms with Crippen LogP contribution < -0.4 is 0 Å². The van der Waals surface area contributed by atoms with Crippen LogP contribution in [0.4, 0.5) is 0 Å². The third kappa shape index (κ3) is 3.26. The highest BCUT2D eigenvalue weighted by Crippen LogP contribution is 2.35. The Morgan fingerprint density at radius 2 is 1.06 bits per heavy atom. The van der Waals surface area contributed by atoms with E-state index in [0.29, 0.717) is 0 Å². The second kappa shape index (κ2) is 5.92. The van der Waals surface area contributed by atoms with Crippen molar-refractivity contribution in [3.8, 4) is 11.1 Å². The molecule has 0 fully saturated rings. The minimum absolute atomic E-state index is 1.10. The van der Waals surface area contributed by atoms with Crippen LogP contribution >= 0.6 is 33.2 Å². The Morgan fingerprint density at radius 3 is 1.47 bits per heavy atom. The molecule has 2 aromatic rings. The van der Waals surface area contributed by atoms with Crippen molar-refractivity contribution in [1.29, 1.82) is 0 Å². The van der Waals surface area contributed by atoms with Gasteiger partial charge in [-0.15, -0.1) is 33.2 Å². The first kappa shape index (κ1) is 13.0. The van der Waals surface area contributed by atoms with Gasteiger partial charge in [-0.1, -0.05) is 48.5 Å². The van der Waals surface area contributed by atoms with Gasteiger partial charge in [-0.3, -0.25) is 0 Å². The fourth-order valence-corrected chi connectivity index (χ4v) is 2.08. The summed E-state index contributed by atoms with van der Waals surface area (Å²) in [5.41, 5.74) is 5.75. The molecule has 0 bridgehead atoms. The van der Waals surface area contributed by atoms with Crippen molar-refractivity contribution < 1.29 is 0 Å². The first-order chi connectivity index (χ1) is 8.18. The Labute approximate surface area is 117 Å². The van der Waals surface area contributed by atoms with Crippen molar-refractivity contribution in [2.24, 2.45) is 0 Å². The lowest BCUT2D eigenvalue weighted by Crippen LogP contribution is -1.77. The smallest absolute Gasteiger partial charge is 0.130 e. The number of hydrogen-bond donors (Lipinski definition) is 0. The van der Waals surface area contributed by atoms with Crippen molar-refractivity contribution in [2.45, 2.75) is 6.42 Å². The summed E-state index contributed by atoms with van der Waals surface area (Å²) in [5.74, 6) is 0. The average molecular weight is 302 g/mol. The van der Waals surface area contributed by atoms with Gasteiger partial charge in [0.1, 0.15) is 0 Å². The summed E-state index contributed by atoms with van der Waals surface area (Å²) in [6.45, 7) is -1.72. The molecule has 1 aliphatic carbocycles. The molecule has 0 amide bonds. The van der Waals surface area contributed by atoms with Gasteiger partial charge in [-0.25, -0.2) is 0 Å². The molecule has 1 aliphatic rings. The van der Waals surface area contributed by atoms with Crippen molar-refractivity contribution in [2.75, 3.05) is 0 Å². The predicted molar refractivity (Wildman–Crippen MR) is 79.4 cm³/mol. The van der Waals surface area contributed by atoms with Crippen LogP contribution in [0.1, 0.15) is 11.1 Å². The van der Waals surface area contributed by atoms with Crippen molar-refractivity contribution in [1.82, 2.24) is 0 Å². The molecule has 0 nitrogen and oxygen atoms in total. The van der Waals surface area contributed by atoms with Crippen LogP contribution in [0.15, 0.2) is 48.5 Å². The molecule has 2 aromatic carbocycles. The second-order valence-electron chi connectivity index (χ2n) is 3.74. The molecular formula is C13H11Cl3Si. The summed E-state index contributed by atoms with van der Waals surface area (Å²) in [6, 6.07) is 17.3. The van der Waals surface area contributed by atoms with Gasteiger partial charge >= 0.3 is 6.73 Å². The zero-order valence-electron chi connectivity index (χ0n) is 9.04. The molecule has 0 saturated carbocycles. The van der Waals surface area contributed by atoms with Gasteiger partial charge in [0.15, 0.2) is 0 Å². The average Bonchev–Trinajstić information content (AvgIpc) is 2.66. The highest BCUT2D eigenvalue weighted by molar-refractivity contribution is 7.54. The van der Waals surface area contributed by atoms with Crippen molar-refractivity contribution in [3.05, 3.63) is 59.7 Å². The predicted octanol–water partition coefficient (Wildman–Crippen LogP) is 4.68. The molecule has 4 heteroatoms. The molecule has 0 atom stereocenters. The molecule has 88 valence electrons. The molecule has 0 saturated heterocycles. The van der Waals surface area contributed by atoms with Crippen LogP contribution in [0.2, 0.25) is 0 Å². The molecular weight excluding hydrogens is 291 g/mol. The van der Waals surface area contributed by atoms with E-state index in [1.54, 1.807) is 0 Å². The zero-order valence-corrected chi connectivity index (χ0v) is 12.5. The van der Waals surface area contributed by atoms with E-state index < -0.39 is 6.73 Å². The summed E-state index contributed by atoms with van der Waals surface area (Å²) in [7, 11) is 0. The number of rotatable bonds is 0. The molecule has 0 heterocycles. The number of benzene rings is 2. The van der Waals surface area contributed by atoms with Gasteiger partial charge in [0.05, 0.1) is 0 Å². The lowest BCUT2D eigenvalue weighted by Gasteiger charge is -1.98. The Hall–Kier alpha value is -0.473. The van der Waals surface area contributed by atoms with Crippen molar-refractivity contribution in [3.63, 3.8) is 0 Å². The van der Waals surface area contributed by atoms with Crippen LogP contribution in [0.3, 0.4) is 0 Å². The minimum atomic E-state index is -1.72. The highest BCUT2D eigenvalue weighted by Gasteiger charge is 2.15. The fraction of sp³-hybridized carbons (Fsp3) is 0.0769. The van der Waals surface area contributed by atoms with Crippen LogP contribution in [0.25, 0.3) is 11.1 Å². The molecule has 0 spiro atoms. The van der Waals surface area contributed by atoms with Gasteiger partial charge in [-0.2, -0.15) is 0 Å². The molecule has 0 aliphatic heterocycles. The van der Waals surface area contributed by atoms with E-state index >= 15 is 0 Å². The summed E-state index contributed by atoms with van der Waals surface area (Å²) in [6.07, 6.45) is 1.10. The highest BCUT2D eigenvalue weighted by atomic mass is 35.8. The minimum Gasteiger partial charge on any atom is -0.130 e. The normalized spacial score (nSPS) is 11.5. The lowest BCUT2D eigenvalue weighted by atomic mass is 10.1. The number of halogens is 3. The van der Waals surface area contributed by atoms with Gasteiger partial charge in [0.2, 0.25) is 0 Å². The first-order valence-corrected chi connectivity index (χ1v) is 10.5. The molecule has 0 unspecified atom stereocenters. The number of hydrogen-bond acceptors (Lipinski definition) is 0. The largest absolute Gasteiger partial charge is 0.326 e. The molecule has 0 radical (unpaired) electrons. The summed E-state index contributed by atoms with van der Waals surface area (Å²) >= 11 is 14.8. The third-order valence-corrected chi connectivity index (χ3v) is 2.71. The Bertz CT molecular complexity index is 465. The topological polar surface area (TPSA) is 0 Å². The number of fused-ring (bicyclic) bond motifs is 3. The van der Waals surface area contributed by atoms with E-state index in [-0.39, 0.29) is 0 Å². The maximum Gasteiger partial charge on any atom is 0.326 e. The van der Waals surface area contributed by atoms with E-state index in [1.807, 2.05) is 0 Å². The van der Waals surface area contributed by atoms with E-state index in [2.05, 4.69) is 48.5 Å². The van der Waals surface area contributed by atoms with Crippen LogP contribution in [-0.4, -0.2) is 6.73 Å². The molecule has 0 N–H and O–H groups in total. The molecule has 0 aromatic heterocycles. The summed E-state index contributed by atoms with van der Waals surface area (Å²) in [5, 5.41) is 0. The van der Waals surface area contributed by atoms with E-state index in [0.717, 1.165) is 6.42 Å². The maximum absolute atomic E-state index is 4.94. The fourth-order valence-electron chi connectivity index (χ4n) is 2.08. The Balaban J connectivity index is 0.000000239. The quantitative estimate of drug-likeness (QED) is 0.418. The summed E-state index contributed by atoms with van der Waals surface area (Å²) in [4.78, 5) is 0. The van der Waals surface area contributed by atoms with Gasteiger partial charge in [0, 0.05) is 0 Å². The zero-order chi connectivity index (χ0) is 12.3. The Morgan fingerprint density at radius 1 is 0.706 bits per heavy atom. The van der Waals surface area contributed by atoms with Gasteiger partial charge < -0.3 is 0 Å². The van der Waals surface area contributed by atoms with Crippen molar-refractivity contribution >= 4 is 40.0 Å². The van der Waals surface area contributed by atoms with Crippen LogP contribution in [-0.2, 0) is 6.42 Å². The maximum atomic E-state index is 4.94. The monoisotopic (exact) mass is 300 g/mol. The molecule has 17 heavy (non-hydrogen) atoms. The molecule has 3 rings (SSSR count). The lowest BCUT2D eigenvalue weighted by molar-refractivity contribution is 1.26.